The van der Waals surface area contributed by atoms with Gasteiger partial charge in [0, 0.05) is 11.3 Å². The van der Waals surface area contributed by atoms with Gasteiger partial charge in [-0.05, 0) is 92.6 Å². The van der Waals surface area contributed by atoms with Gasteiger partial charge in [0.05, 0.1) is 24.3 Å². The molecule has 1 aliphatic rings. The van der Waals surface area contributed by atoms with Crippen LogP contribution in [-0.4, -0.2) is 46.5 Å². The first kappa shape index (κ1) is 27.5. The summed E-state index contributed by atoms with van der Waals surface area (Å²) < 4.78 is 4.99. The lowest BCUT2D eigenvalue weighted by molar-refractivity contribution is -0.127. The Balaban J connectivity index is 1.62. The van der Waals surface area contributed by atoms with E-state index in [2.05, 4.69) is 10.7 Å². The first-order chi connectivity index (χ1) is 18.7. The van der Waals surface area contributed by atoms with Gasteiger partial charge in [-0.1, -0.05) is 24.3 Å². The van der Waals surface area contributed by atoms with Crippen LogP contribution in [-0.2, 0) is 14.3 Å². The Labute approximate surface area is 231 Å². The minimum absolute atomic E-state index is 0.0293. The standard InChI is InChI=1S/C29H28N4O5S/c1-4-38-28(37)21-10-12-22(13-11-21)30-27(36)24-17-25(34)32(23-15-18(2)14-19(3)16-23)29(39)33(24)31-26(35)20-8-6-5-7-9-20/h5-16,24H,4,17H2,1-3H3,(H,30,36)(H,31,35). The maximum absolute atomic E-state index is 13.4. The van der Waals surface area contributed by atoms with E-state index in [0.717, 1.165) is 11.1 Å². The van der Waals surface area contributed by atoms with Crippen LogP contribution in [0.5, 0.6) is 0 Å². The zero-order chi connectivity index (χ0) is 28.1. The second kappa shape index (κ2) is 11.9. The predicted molar refractivity (Wildman–Crippen MR) is 151 cm³/mol. The Morgan fingerprint density at radius 2 is 1.59 bits per heavy atom. The summed E-state index contributed by atoms with van der Waals surface area (Å²) in [6.45, 7) is 5.78. The van der Waals surface area contributed by atoms with Crippen LogP contribution in [0.4, 0.5) is 11.4 Å². The smallest absolute Gasteiger partial charge is 0.338 e. The van der Waals surface area contributed by atoms with Gasteiger partial charge in [0.2, 0.25) is 16.9 Å². The number of thiocarbonyl (C=S) groups is 1. The summed E-state index contributed by atoms with van der Waals surface area (Å²) in [5, 5.41) is 3.98. The normalized spacial score (nSPS) is 15.1. The summed E-state index contributed by atoms with van der Waals surface area (Å²) >= 11 is 5.68. The molecule has 0 aromatic heterocycles. The molecule has 0 bridgehead atoms. The molecule has 1 aliphatic heterocycles. The molecule has 4 rings (SSSR count). The fourth-order valence-corrected chi connectivity index (χ4v) is 4.64. The average Bonchev–Trinajstić information content (AvgIpc) is 2.90. The van der Waals surface area contributed by atoms with E-state index < -0.39 is 23.8 Å². The van der Waals surface area contributed by atoms with Crippen LogP contribution in [0.1, 0.15) is 45.2 Å². The molecule has 10 heteroatoms. The van der Waals surface area contributed by atoms with Gasteiger partial charge in [0.25, 0.3) is 5.91 Å². The summed E-state index contributed by atoms with van der Waals surface area (Å²) in [5.74, 6) is -1.89. The third kappa shape index (κ3) is 6.29. The Kier molecular flexibility index (Phi) is 8.36. The quantitative estimate of drug-likeness (QED) is 0.340. The van der Waals surface area contributed by atoms with Crippen LogP contribution in [0, 0.1) is 13.8 Å². The number of rotatable bonds is 7. The molecule has 200 valence electrons. The van der Waals surface area contributed by atoms with Gasteiger partial charge in [-0.2, -0.15) is 0 Å². The Bertz CT molecular complexity index is 1410. The average molecular weight is 545 g/mol. The molecule has 0 saturated carbocycles. The number of carbonyl (C=O) groups is 4. The highest BCUT2D eigenvalue weighted by atomic mass is 32.1. The number of anilines is 2. The number of nitrogens with zero attached hydrogens (tertiary/aromatic N) is 2. The summed E-state index contributed by atoms with van der Waals surface area (Å²) in [6.07, 6.45) is -0.241. The fourth-order valence-electron chi connectivity index (χ4n) is 4.26. The van der Waals surface area contributed by atoms with Crippen molar-refractivity contribution in [2.45, 2.75) is 33.2 Å². The van der Waals surface area contributed by atoms with Crippen molar-refractivity contribution in [1.82, 2.24) is 10.4 Å². The molecular formula is C29H28N4O5S. The van der Waals surface area contributed by atoms with Crippen molar-refractivity contribution in [2.24, 2.45) is 0 Å². The Hall–Kier alpha value is -4.57. The van der Waals surface area contributed by atoms with Crippen molar-refractivity contribution >= 4 is 52.4 Å². The molecule has 3 aromatic carbocycles. The molecule has 3 amide bonds. The number of amides is 3. The van der Waals surface area contributed by atoms with Crippen LogP contribution < -0.4 is 15.6 Å². The molecule has 0 aliphatic carbocycles. The van der Waals surface area contributed by atoms with Gasteiger partial charge in [-0.25, -0.2) is 9.80 Å². The lowest BCUT2D eigenvalue weighted by Gasteiger charge is -2.41. The van der Waals surface area contributed by atoms with Gasteiger partial charge >= 0.3 is 5.97 Å². The second-order valence-corrected chi connectivity index (χ2v) is 9.41. The zero-order valence-electron chi connectivity index (χ0n) is 21.8. The number of aryl methyl sites for hydroxylation is 2. The molecule has 39 heavy (non-hydrogen) atoms. The highest BCUT2D eigenvalue weighted by molar-refractivity contribution is 7.80. The molecule has 0 radical (unpaired) electrons. The van der Waals surface area contributed by atoms with Gasteiger partial charge in [0.1, 0.15) is 6.04 Å². The number of benzene rings is 3. The number of ether oxygens (including phenoxy) is 1. The zero-order valence-corrected chi connectivity index (χ0v) is 22.6. The Morgan fingerprint density at radius 1 is 0.949 bits per heavy atom. The van der Waals surface area contributed by atoms with Crippen molar-refractivity contribution in [3.05, 3.63) is 95.1 Å². The second-order valence-electron chi connectivity index (χ2n) is 9.04. The molecule has 3 aromatic rings. The first-order valence-corrected chi connectivity index (χ1v) is 12.8. The van der Waals surface area contributed by atoms with Crippen molar-refractivity contribution in [3.63, 3.8) is 0 Å². The van der Waals surface area contributed by atoms with Crippen molar-refractivity contribution < 1.29 is 23.9 Å². The largest absolute Gasteiger partial charge is 0.462 e. The summed E-state index contributed by atoms with van der Waals surface area (Å²) in [5.41, 5.74) is 6.25. The highest BCUT2D eigenvalue weighted by Crippen LogP contribution is 2.27. The van der Waals surface area contributed by atoms with Gasteiger partial charge in [-0.15, -0.1) is 0 Å². The minimum Gasteiger partial charge on any atom is -0.462 e. The van der Waals surface area contributed by atoms with Crippen molar-refractivity contribution in [3.8, 4) is 0 Å². The number of hydrogen-bond acceptors (Lipinski definition) is 6. The van der Waals surface area contributed by atoms with E-state index in [9.17, 15) is 19.2 Å². The summed E-state index contributed by atoms with van der Waals surface area (Å²) in [7, 11) is 0. The van der Waals surface area contributed by atoms with Crippen LogP contribution in [0.3, 0.4) is 0 Å². The molecule has 1 saturated heterocycles. The SMILES string of the molecule is CCOC(=O)c1ccc(NC(=O)C2CC(=O)N(c3cc(C)cc(C)c3)C(=S)N2NC(=O)c2ccccc2)cc1. The third-order valence-corrected chi connectivity index (χ3v) is 6.39. The lowest BCUT2D eigenvalue weighted by Crippen LogP contribution is -2.65. The summed E-state index contributed by atoms with van der Waals surface area (Å²) in [6, 6.07) is 19.2. The summed E-state index contributed by atoms with van der Waals surface area (Å²) in [4.78, 5) is 53.1. The molecule has 9 nitrogen and oxygen atoms in total. The fraction of sp³-hybridized carbons (Fsp3) is 0.207. The van der Waals surface area contributed by atoms with E-state index >= 15 is 0 Å². The molecule has 1 unspecified atom stereocenters. The number of hydrazine groups is 1. The first-order valence-electron chi connectivity index (χ1n) is 12.4. The Morgan fingerprint density at radius 3 is 2.21 bits per heavy atom. The van der Waals surface area contributed by atoms with E-state index in [1.807, 2.05) is 32.0 Å². The topological polar surface area (TPSA) is 108 Å². The molecular weight excluding hydrogens is 516 g/mol. The van der Waals surface area contributed by atoms with Crippen LogP contribution in [0.15, 0.2) is 72.8 Å². The molecule has 1 atom stereocenters. The number of carbonyl (C=O) groups excluding carboxylic acids is 4. The van der Waals surface area contributed by atoms with Gasteiger partial charge in [-0.3, -0.25) is 24.7 Å². The highest BCUT2D eigenvalue weighted by Gasteiger charge is 2.42. The van der Waals surface area contributed by atoms with E-state index in [1.165, 1.54) is 22.0 Å². The number of esters is 1. The third-order valence-electron chi connectivity index (χ3n) is 6.02. The van der Waals surface area contributed by atoms with Crippen LogP contribution in [0.25, 0.3) is 0 Å². The van der Waals surface area contributed by atoms with Crippen molar-refractivity contribution in [2.75, 3.05) is 16.8 Å². The molecule has 2 N–H and O–H groups in total. The van der Waals surface area contributed by atoms with Gasteiger partial charge in [0.15, 0.2) is 0 Å². The number of nitrogens with one attached hydrogen (secondary N) is 2. The minimum atomic E-state index is -1.12. The van der Waals surface area contributed by atoms with Crippen LogP contribution in [0.2, 0.25) is 0 Å². The monoisotopic (exact) mass is 544 g/mol. The number of hydrogen-bond donors (Lipinski definition) is 2. The molecule has 1 heterocycles. The lowest BCUT2D eigenvalue weighted by atomic mass is 10.1. The predicted octanol–water partition coefficient (Wildman–Crippen LogP) is 4.16. The van der Waals surface area contributed by atoms with Crippen molar-refractivity contribution in [1.29, 1.82) is 0 Å². The van der Waals surface area contributed by atoms with E-state index in [1.54, 1.807) is 49.4 Å². The van der Waals surface area contributed by atoms with E-state index in [4.69, 9.17) is 17.0 Å². The maximum atomic E-state index is 13.4. The van der Waals surface area contributed by atoms with Crippen LogP contribution >= 0.6 is 12.2 Å². The van der Waals surface area contributed by atoms with E-state index in [-0.39, 0.29) is 24.0 Å². The molecule has 0 spiro atoms. The molecule has 1 fully saturated rings. The van der Waals surface area contributed by atoms with Gasteiger partial charge < -0.3 is 10.1 Å². The van der Waals surface area contributed by atoms with E-state index in [0.29, 0.717) is 22.5 Å². The maximum Gasteiger partial charge on any atom is 0.338 e.